The largest absolute Gasteiger partial charge is 0.508 e. The van der Waals surface area contributed by atoms with Gasteiger partial charge in [-0.25, -0.2) is 0 Å². The van der Waals surface area contributed by atoms with Crippen molar-refractivity contribution in [3.63, 3.8) is 0 Å². The Morgan fingerprint density at radius 1 is 0.960 bits per heavy atom. The second-order valence-corrected chi connectivity index (χ2v) is 5.62. The molecule has 0 atom stereocenters. The van der Waals surface area contributed by atoms with E-state index in [0.717, 1.165) is 11.6 Å². The number of rotatable bonds is 7. The number of aromatic hydroxyl groups is 3. The first kappa shape index (κ1) is 18.2. The highest BCUT2D eigenvalue weighted by molar-refractivity contribution is 6.12. The first-order valence-corrected chi connectivity index (χ1v) is 7.66. The Labute approximate surface area is 145 Å². The first-order chi connectivity index (χ1) is 11.9. The Balaban J connectivity index is 2.06. The quantitative estimate of drug-likeness (QED) is 0.405. The maximum Gasteiger partial charge on any atom is 0.200 e. The van der Waals surface area contributed by atoms with Crippen LogP contribution in [0.5, 0.6) is 23.0 Å². The number of carbonyl (C=O) groups excluding carboxylic acids is 1. The van der Waals surface area contributed by atoms with Crippen molar-refractivity contribution in [2.24, 2.45) is 0 Å². The van der Waals surface area contributed by atoms with Crippen LogP contribution in [0.1, 0.15) is 29.8 Å². The fourth-order valence-corrected chi connectivity index (χ4v) is 2.08. The van der Waals surface area contributed by atoms with E-state index in [1.807, 2.05) is 13.8 Å². The van der Waals surface area contributed by atoms with E-state index in [9.17, 15) is 20.1 Å². The Bertz CT molecular complexity index is 790. The first-order valence-electron chi connectivity index (χ1n) is 7.66. The number of phenols is 3. The molecule has 2 aromatic carbocycles. The molecule has 0 bridgehead atoms. The average Bonchev–Trinajstić information content (AvgIpc) is 2.54. The van der Waals surface area contributed by atoms with Crippen LogP contribution in [-0.4, -0.2) is 34.3 Å². The second kappa shape index (κ2) is 8.10. The Morgan fingerprint density at radius 2 is 1.60 bits per heavy atom. The van der Waals surface area contributed by atoms with Crippen molar-refractivity contribution in [2.45, 2.75) is 13.8 Å². The monoisotopic (exact) mass is 344 g/mol. The highest BCUT2D eigenvalue weighted by Crippen LogP contribution is 2.30. The SMILES string of the molecule is CC(C)=COCCOc1ccc(C(=O)c2ccc(O)cc2O)c(O)c1. The smallest absolute Gasteiger partial charge is 0.200 e. The summed E-state index contributed by atoms with van der Waals surface area (Å²) in [5.41, 5.74) is 1.05. The average molecular weight is 344 g/mol. The number of hydrogen-bond acceptors (Lipinski definition) is 6. The minimum atomic E-state index is -0.562. The Kier molecular flexibility index (Phi) is 5.89. The van der Waals surface area contributed by atoms with Gasteiger partial charge in [-0.2, -0.15) is 0 Å². The summed E-state index contributed by atoms with van der Waals surface area (Å²) < 4.78 is 10.7. The maximum absolute atomic E-state index is 12.4. The highest BCUT2D eigenvalue weighted by atomic mass is 16.5. The van der Waals surface area contributed by atoms with Gasteiger partial charge in [0, 0.05) is 12.1 Å². The minimum Gasteiger partial charge on any atom is -0.508 e. The number of ketones is 1. The van der Waals surface area contributed by atoms with Gasteiger partial charge < -0.3 is 24.8 Å². The number of allylic oxidation sites excluding steroid dienone is 1. The zero-order valence-electron chi connectivity index (χ0n) is 14.0. The number of carbonyl (C=O) groups is 1. The third kappa shape index (κ3) is 4.91. The molecule has 3 N–H and O–H groups in total. The van der Waals surface area contributed by atoms with Gasteiger partial charge in [0.2, 0.25) is 0 Å². The van der Waals surface area contributed by atoms with Crippen molar-refractivity contribution in [1.82, 2.24) is 0 Å². The molecule has 0 saturated carbocycles. The molecule has 6 heteroatoms. The third-order valence-corrected chi connectivity index (χ3v) is 3.23. The molecule has 2 aromatic rings. The maximum atomic E-state index is 12.4. The van der Waals surface area contributed by atoms with Crippen molar-refractivity contribution in [2.75, 3.05) is 13.2 Å². The molecule has 0 aromatic heterocycles. The van der Waals surface area contributed by atoms with E-state index in [4.69, 9.17) is 9.47 Å². The predicted octanol–water partition coefficient (Wildman–Crippen LogP) is 3.35. The number of benzene rings is 2. The van der Waals surface area contributed by atoms with E-state index in [0.29, 0.717) is 12.4 Å². The molecule has 0 unspecified atom stereocenters. The molecule has 0 saturated heterocycles. The molecule has 0 radical (unpaired) electrons. The van der Waals surface area contributed by atoms with Gasteiger partial charge in [-0.1, -0.05) is 0 Å². The van der Waals surface area contributed by atoms with E-state index in [-0.39, 0.29) is 35.0 Å². The molecule has 0 aliphatic rings. The van der Waals surface area contributed by atoms with Crippen LogP contribution in [-0.2, 0) is 4.74 Å². The molecule has 2 rings (SSSR count). The summed E-state index contributed by atoms with van der Waals surface area (Å²) in [5.74, 6) is -0.947. The number of ether oxygens (including phenoxy) is 2. The van der Waals surface area contributed by atoms with Gasteiger partial charge in [0.1, 0.15) is 36.2 Å². The predicted molar refractivity (Wildman–Crippen MR) is 92.2 cm³/mol. The van der Waals surface area contributed by atoms with Crippen molar-refractivity contribution >= 4 is 5.78 Å². The Morgan fingerprint density at radius 3 is 2.20 bits per heavy atom. The van der Waals surface area contributed by atoms with Gasteiger partial charge in [-0.05, 0) is 43.7 Å². The number of hydrogen-bond donors (Lipinski definition) is 3. The van der Waals surface area contributed by atoms with Gasteiger partial charge in [-0.15, -0.1) is 0 Å². The van der Waals surface area contributed by atoms with Crippen LogP contribution in [0, 0.1) is 0 Å². The summed E-state index contributed by atoms with van der Waals surface area (Å²) in [4.78, 5) is 12.4. The molecule has 132 valence electrons. The van der Waals surface area contributed by atoms with Crippen LogP contribution >= 0.6 is 0 Å². The third-order valence-electron chi connectivity index (χ3n) is 3.23. The molecular weight excluding hydrogens is 324 g/mol. The van der Waals surface area contributed by atoms with Gasteiger partial charge >= 0.3 is 0 Å². The van der Waals surface area contributed by atoms with E-state index in [1.54, 1.807) is 12.3 Å². The zero-order valence-corrected chi connectivity index (χ0v) is 14.0. The molecule has 0 spiro atoms. The molecule has 6 nitrogen and oxygen atoms in total. The lowest BCUT2D eigenvalue weighted by molar-refractivity contribution is 0.103. The fourth-order valence-electron chi connectivity index (χ4n) is 2.08. The van der Waals surface area contributed by atoms with Crippen molar-refractivity contribution in [3.8, 4) is 23.0 Å². The summed E-state index contributed by atoms with van der Waals surface area (Å²) in [6.07, 6.45) is 1.63. The van der Waals surface area contributed by atoms with Gasteiger partial charge in [0.05, 0.1) is 17.4 Å². The van der Waals surface area contributed by atoms with Crippen LogP contribution < -0.4 is 4.74 Å². The molecule has 0 heterocycles. The molecule has 0 aliphatic heterocycles. The molecule has 0 amide bonds. The molecule has 0 fully saturated rings. The van der Waals surface area contributed by atoms with Gasteiger partial charge in [0.25, 0.3) is 0 Å². The molecule has 25 heavy (non-hydrogen) atoms. The van der Waals surface area contributed by atoms with Crippen LogP contribution in [0.3, 0.4) is 0 Å². The Hall–Kier alpha value is -3.15. The lowest BCUT2D eigenvalue weighted by atomic mass is 10.0. The summed E-state index contributed by atoms with van der Waals surface area (Å²) in [6.45, 7) is 4.48. The fraction of sp³-hybridized carbons (Fsp3) is 0.211. The van der Waals surface area contributed by atoms with Crippen molar-refractivity contribution < 1.29 is 29.6 Å². The van der Waals surface area contributed by atoms with E-state index < -0.39 is 5.78 Å². The van der Waals surface area contributed by atoms with Crippen molar-refractivity contribution in [3.05, 3.63) is 59.4 Å². The van der Waals surface area contributed by atoms with Crippen LogP contribution in [0.25, 0.3) is 0 Å². The standard InChI is InChI=1S/C19H20O6/c1-12(2)11-24-7-8-25-14-4-6-16(18(22)10-14)19(23)15-5-3-13(20)9-17(15)21/h3-6,9-11,20-22H,7-8H2,1-2H3. The van der Waals surface area contributed by atoms with E-state index in [1.165, 1.54) is 24.3 Å². The van der Waals surface area contributed by atoms with E-state index >= 15 is 0 Å². The summed E-state index contributed by atoms with van der Waals surface area (Å²) in [5, 5.41) is 29.1. The van der Waals surface area contributed by atoms with Crippen molar-refractivity contribution in [1.29, 1.82) is 0 Å². The summed E-state index contributed by atoms with van der Waals surface area (Å²) in [7, 11) is 0. The molecular formula is C19H20O6. The minimum absolute atomic E-state index is 0.0168. The lowest BCUT2D eigenvalue weighted by Gasteiger charge is -2.10. The van der Waals surface area contributed by atoms with E-state index in [2.05, 4.69) is 0 Å². The highest BCUT2D eigenvalue weighted by Gasteiger charge is 2.18. The van der Waals surface area contributed by atoms with Crippen LogP contribution in [0.4, 0.5) is 0 Å². The zero-order chi connectivity index (χ0) is 18.4. The van der Waals surface area contributed by atoms with Gasteiger partial charge in [0.15, 0.2) is 5.78 Å². The second-order valence-electron chi connectivity index (χ2n) is 5.62. The van der Waals surface area contributed by atoms with Gasteiger partial charge in [-0.3, -0.25) is 4.79 Å². The normalized spacial score (nSPS) is 10.2. The lowest BCUT2D eigenvalue weighted by Crippen LogP contribution is -2.05. The van der Waals surface area contributed by atoms with Crippen LogP contribution in [0.2, 0.25) is 0 Å². The molecule has 0 aliphatic carbocycles. The van der Waals surface area contributed by atoms with Crippen LogP contribution in [0.15, 0.2) is 48.2 Å². The topological polar surface area (TPSA) is 96.2 Å². The summed E-state index contributed by atoms with van der Waals surface area (Å²) >= 11 is 0. The summed E-state index contributed by atoms with van der Waals surface area (Å²) in [6, 6.07) is 7.92. The number of phenolic OH excluding ortho intramolecular Hbond substituents is 3.